The molecule has 18 heavy (non-hydrogen) atoms. The first-order valence-corrected chi connectivity index (χ1v) is 7.72. The maximum atomic E-state index is 5.74. The van der Waals surface area contributed by atoms with Crippen LogP contribution < -0.4 is 10.6 Å². The molecule has 0 saturated carbocycles. The molecule has 1 aliphatic heterocycles. The number of hydrogen-bond acceptors (Lipinski definition) is 4. The van der Waals surface area contributed by atoms with E-state index in [4.69, 9.17) is 5.73 Å². The van der Waals surface area contributed by atoms with Crippen LogP contribution in [0.15, 0.2) is 0 Å². The molecule has 2 heterocycles. The lowest BCUT2D eigenvalue weighted by Gasteiger charge is -2.39. The summed E-state index contributed by atoms with van der Waals surface area (Å²) in [6.07, 6.45) is 0.916. The minimum Gasteiger partial charge on any atom is -0.352 e. The summed E-state index contributed by atoms with van der Waals surface area (Å²) in [5, 5.41) is 5.24. The van der Waals surface area contributed by atoms with Gasteiger partial charge < -0.3 is 10.6 Å². The van der Waals surface area contributed by atoms with Gasteiger partial charge in [0.1, 0.15) is 5.82 Å². The highest BCUT2D eigenvalue weighted by atomic mass is 32.2. The maximum Gasteiger partial charge on any atom is 0.130 e. The fourth-order valence-corrected chi connectivity index (χ4v) is 3.82. The predicted molar refractivity (Wildman–Crippen MR) is 79.4 cm³/mol. The fraction of sp³-hybridized carbons (Fsp3) is 0.769. The third-order valence-corrected chi connectivity index (χ3v) is 5.20. The molecule has 1 aromatic rings. The first-order chi connectivity index (χ1) is 8.56. The lowest BCUT2D eigenvalue weighted by Crippen LogP contribution is -2.46. The van der Waals surface area contributed by atoms with Gasteiger partial charge in [-0.15, -0.1) is 0 Å². The predicted octanol–water partition coefficient (Wildman–Crippen LogP) is 1.56. The summed E-state index contributed by atoms with van der Waals surface area (Å²) in [5.41, 5.74) is 8.19. The molecule has 0 spiro atoms. The summed E-state index contributed by atoms with van der Waals surface area (Å²) in [4.78, 5) is 2.51. The minimum atomic E-state index is 0.551. The smallest absolute Gasteiger partial charge is 0.130 e. The topological polar surface area (TPSA) is 47.1 Å². The van der Waals surface area contributed by atoms with Crippen molar-refractivity contribution in [2.24, 2.45) is 12.8 Å². The second-order valence-electron chi connectivity index (χ2n) is 5.06. The molecule has 0 amide bonds. The van der Waals surface area contributed by atoms with E-state index < -0.39 is 0 Å². The largest absolute Gasteiger partial charge is 0.352 e. The number of nitrogens with two attached hydrogens (primary N) is 1. The molecule has 2 unspecified atom stereocenters. The van der Waals surface area contributed by atoms with Crippen molar-refractivity contribution >= 4 is 17.6 Å². The van der Waals surface area contributed by atoms with Gasteiger partial charge in [0.2, 0.25) is 0 Å². The van der Waals surface area contributed by atoms with Crippen LogP contribution in [0.4, 0.5) is 5.82 Å². The first kappa shape index (κ1) is 13.7. The quantitative estimate of drug-likeness (QED) is 0.904. The lowest BCUT2D eigenvalue weighted by atomic mass is 10.1. The molecule has 2 rings (SSSR count). The summed E-state index contributed by atoms with van der Waals surface area (Å²) >= 11 is 2.06. The summed E-state index contributed by atoms with van der Waals surface area (Å²) in [7, 11) is 2.04. The van der Waals surface area contributed by atoms with Crippen molar-refractivity contribution in [1.29, 1.82) is 0 Å². The standard InChI is InChI=1S/C13H24N4S/c1-9-12(5-6-14)13(16(4)15-9)17-7-8-18-11(3)10(17)2/h10-11H,5-8,14H2,1-4H3. The highest BCUT2D eigenvalue weighted by molar-refractivity contribution is 8.00. The van der Waals surface area contributed by atoms with Crippen molar-refractivity contribution in [3.8, 4) is 0 Å². The van der Waals surface area contributed by atoms with E-state index in [1.54, 1.807) is 0 Å². The van der Waals surface area contributed by atoms with Crippen LogP contribution in [0, 0.1) is 6.92 Å². The Morgan fingerprint density at radius 2 is 2.17 bits per heavy atom. The van der Waals surface area contributed by atoms with Gasteiger partial charge in [0.15, 0.2) is 0 Å². The van der Waals surface area contributed by atoms with Crippen LogP contribution in [0.3, 0.4) is 0 Å². The number of anilines is 1. The van der Waals surface area contributed by atoms with E-state index in [1.165, 1.54) is 17.1 Å². The van der Waals surface area contributed by atoms with E-state index in [9.17, 15) is 0 Å². The number of thioether (sulfide) groups is 1. The first-order valence-electron chi connectivity index (χ1n) is 6.67. The van der Waals surface area contributed by atoms with Crippen molar-refractivity contribution in [2.45, 2.75) is 38.5 Å². The summed E-state index contributed by atoms with van der Waals surface area (Å²) in [6, 6.07) is 0.551. The van der Waals surface area contributed by atoms with Gasteiger partial charge in [0, 0.05) is 36.2 Å². The van der Waals surface area contributed by atoms with Gasteiger partial charge in [-0.25, -0.2) is 0 Å². The second-order valence-corrected chi connectivity index (χ2v) is 6.54. The van der Waals surface area contributed by atoms with E-state index in [0.717, 1.165) is 18.7 Å². The Balaban J connectivity index is 2.36. The highest BCUT2D eigenvalue weighted by Crippen LogP contribution is 2.32. The van der Waals surface area contributed by atoms with Gasteiger partial charge in [0.25, 0.3) is 0 Å². The zero-order valence-electron chi connectivity index (χ0n) is 11.8. The van der Waals surface area contributed by atoms with Gasteiger partial charge in [-0.1, -0.05) is 6.92 Å². The Bertz CT molecular complexity index is 415. The van der Waals surface area contributed by atoms with Crippen LogP contribution in [0.5, 0.6) is 0 Å². The van der Waals surface area contributed by atoms with Crippen molar-refractivity contribution < 1.29 is 0 Å². The van der Waals surface area contributed by atoms with Gasteiger partial charge in [-0.2, -0.15) is 16.9 Å². The van der Waals surface area contributed by atoms with Gasteiger partial charge >= 0.3 is 0 Å². The van der Waals surface area contributed by atoms with E-state index in [1.807, 2.05) is 11.7 Å². The molecule has 1 aromatic heterocycles. The van der Waals surface area contributed by atoms with E-state index in [-0.39, 0.29) is 0 Å². The number of rotatable bonds is 3. The van der Waals surface area contributed by atoms with E-state index in [2.05, 4.69) is 42.5 Å². The average Bonchev–Trinajstić information content (AvgIpc) is 2.59. The molecule has 0 aliphatic carbocycles. The Labute approximate surface area is 114 Å². The molecule has 1 fully saturated rings. The molecule has 1 saturated heterocycles. The lowest BCUT2D eigenvalue weighted by molar-refractivity contribution is 0.595. The SMILES string of the molecule is Cc1nn(C)c(N2CCSC(C)C2C)c1CCN. The molecule has 5 heteroatoms. The zero-order valence-corrected chi connectivity index (χ0v) is 12.6. The van der Waals surface area contributed by atoms with Crippen molar-refractivity contribution in [3.05, 3.63) is 11.3 Å². The Hall–Kier alpha value is -0.680. The van der Waals surface area contributed by atoms with Gasteiger partial charge in [0.05, 0.1) is 5.69 Å². The highest BCUT2D eigenvalue weighted by Gasteiger charge is 2.29. The van der Waals surface area contributed by atoms with Crippen LogP contribution >= 0.6 is 11.8 Å². The minimum absolute atomic E-state index is 0.551. The van der Waals surface area contributed by atoms with Crippen LogP contribution in [-0.2, 0) is 13.5 Å². The molecule has 0 aromatic carbocycles. The van der Waals surface area contributed by atoms with Crippen molar-refractivity contribution in [2.75, 3.05) is 23.7 Å². The Morgan fingerprint density at radius 3 is 2.83 bits per heavy atom. The molecular weight excluding hydrogens is 244 g/mol. The maximum absolute atomic E-state index is 5.74. The number of nitrogens with zero attached hydrogens (tertiary/aromatic N) is 3. The molecule has 0 bridgehead atoms. The summed E-state index contributed by atoms with van der Waals surface area (Å²) in [5.74, 6) is 2.47. The second kappa shape index (κ2) is 5.53. The molecule has 0 radical (unpaired) electrons. The molecule has 2 N–H and O–H groups in total. The van der Waals surface area contributed by atoms with Crippen LogP contribution in [-0.4, -0.2) is 39.9 Å². The normalized spacial score (nSPS) is 24.6. The van der Waals surface area contributed by atoms with Gasteiger partial charge in [-0.3, -0.25) is 4.68 Å². The van der Waals surface area contributed by atoms with Crippen LogP contribution in [0.1, 0.15) is 25.1 Å². The molecule has 2 atom stereocenters. The molecular formula is C13H24N4S. The third-order valence-electron chi connectivity index (χ3n) is 3.86. The third kappa shape index (κ3) is 2.38. The van der Waals surface area contributed by atoms with Gasteiger partial charge in [-0.05, 0) is 26.8 Å². The average molecular weight is 268 g/mol. The van der Waals surface area contributed by atoms with Crippen LogP contribution in [0.2, 0.25) is 0 Å². The summed E-state index contributed by atoms with van der Waals surface area (Å²) in [6.45, 7) is 8.50. The van der Waals surface area contributed by atoms with E-state index in [0.29, 0.717) is 17.8 Å². The van der Waals surface area contributed by atoms with Crippen LogP contribution in [0.25, 0.3) is 0 Å². The molecule has 4 nitrogen and oxygen atoms in total. The number of hydrogen-bond donors (Lipinski definition) is 1. The summed E-state index contributed by atoms with van der Waals surface area (Å²) < 4.78 is 2.03. The Morgan fingerprint density at radius 1 is 1.44 bits per heavy atom. The number of aryl methyl sites for hydroxylation is 2. The number of aromatic nitrogens is 2. The fourth-order valence-electron chi connectivity index (χ4n) is 2.72. The van der Waals surface area contributed by atoms with Crippen molar-refractivity contribution in [3.63, 3.8) is 0 Å². The Kier molecular flexibility index (Phi) is 4.22. The monoisotopic (exact) mass is 268 g/mol. The molecule has 1 aliphatic rings. The van der Waals surface area contributed by atoms with E-state index >= 15 is 0 Å². The molecule has 102 valence electrons. The van der Waals surface area contributed by atoms with Crippen molar-refractivity contribution in [1.82, 2.24) is 9.78 Å². The zero-order chi connectivity index (χ0) is 13.3.